The molecule has 1 aromatic carbocycles. The summed E-state index contributed by atoms with van der Waals surface area (Å²) in [7, 11) is 0. The molecule has 2 saturated heterocycles. The molecule has 0 spiro atoms. The molecule has 6 heteroatoms. The molecule has 2 aliphatic heterocycles. The summed E-state index contributed by atoms with van der Waals surface area (Å²) in [6, 6.07) is 13.8. The van der Waals surface area contributed by atoms with Crippen molar-refractivity contribution < 1.29 is 14.3 Å². The molecule has 0 bridgehead atoms. The molecule has 1 aromatic heterocycles. The van der Waals surface area contributed by atoms with Gasteiger partial charge in [-0.1, -0.05) is 6.07 Å². The maximum Gasteiger partial charge on any atom is 0.253 e. The topological polar surface area (TPSA) is 54.9 Å². The van der Waals surface area contributed by atoms with Crippen molar-refractivity contribution in [1.82, 2.24) is 14.8 Å². The smallest absolute Gasteiger partial charge is 0.253 e. The maximum atomic E-state index is 13.2. The van der Waals surface area contributed by atoms with Crippen LogP contribution in [0.5, 0.6) is 5.75 Å². The van der Waals surface area contributed by atoms with Crippen LogP contribution in [-0.4, -0.2) is 65.7 Å². The fourth-order valence-corrected chi connectivity index (χ4v) is 4.84. The monoisotopic (exact) mass is 449 g/mol. The minimum absolute atomic E-state index is 0.117. The van der Waals surface area contributed by atoms with E-state index in [1.165, 1.54) is 12.8 Å². The van der Waals surface area contributed by atoms with E-state index in [0.29, 0.717) is 12.5 Å². The second-order valence-electron chi connectivity index (χ2n) is 9.73. The number of rotatable bonds is 9. The van der Waals surface area contributed by atoms with Gasteiger partial charge in [0.05, 0.1) is 11.8 Å². The number of piperidine rings is 1. The van der Waals surface area contributed by atoms with Crippen LogP contribution in [-0.2, 0) is 11.3 Å². The number of likely N-dealkylation sites (tertiary alicyclic amines) is 1. The molecule has 5 rings (SSSR count). The summed E-state index contributed by atoms with van der Waals surface area (Å²) in [6.07, 6.45) is 8.91. The van der Waals surface area contributed by atoms with Crippen molar-refractivity contribution in [3.05, 3.63) is 59.9 Å². The Hall–Kier alpha value is -2.44. The lowest BCUT2D eigenvalue weighted by Gasteiger charge is -2.32. The lowest BCUT2D eigenvalue weighted by Crippen LogP contribution is -2.39. The van der Waals surface area contributed by atoms with E-state index >= 15 is 0 Å². The Balaban J connectivity index is 1.12. The zero-order valence-corrected chi connectivity index (χ0v) is 19.4. The number of hydrogen-bond acceptors (Lipinski definition) is 5. The third kappa shape index (κ3) is 6.33. The SMILES string of the molecule is O=C(c1ccc(OC2CCN(Cc3ccccn3)CC2)cc1)N(CC1CC1)C[C@@H]1CCCO1. The lowest BCUT2D eigenvalue weighted by molar-refractivity contribution is 0.0515. The number of carbonyl (C=O) groups excluding carboxylic acids is 1. The van der Waals surface area contributed by atoms with E-state index in [2.05, 4.69) is 16.0 Å². The molecule has 3 fully saturated rings. The number of benzene rings is 1. The molecule has 1 saturated carbocycles. The zero-order valence-electron chi connectivity index (χ0n) is 19.4. The number of nitrogens with zero attached hydrogens (tertiary/aromatic N) is 3. The molecule has 2 aromatic rings. The van der Waals surface area contributed by atoms with Crippen LogP contribution in [0.15, 0.2) is 48.7 Å². The highest BCUT2D eigenvalue weighted by molar-refractivity contribution is 5.94. The molecule has 0 unspecified atom stereocenters. The van der Waals surface area contributed by atoms with E-state index in [-0.39, 0.29) is 18.1 Å². The quantitative estimate of drug-likeness (QED) is 0.576. The maximum absolute atomic E-state index is 13.2. The highest BCUT2D eigenvalue weighted by Gasteiger charge is 2.30. The predicted molar refractivity (Wildman–Crippen MR) is 127 cm³/mol. The number of carbonyl (C=O) groups is 1. The van der Waals surface area contributed by atoms with Crippen LogP contribution in [0.1, 0.15) is 54.6 Å². The Kier molecular flexibility index (Phi) is 7.22. The standard InChI is InChI=1S/C27H35N3O3/c31-27(30(18-21-6-7-21)20-26-5-3-17-32-26)22-8-10-24(11-9-22)33-25-12-15-29(16-13-25)19-23-4-1-2-14-28-23/h1-2,4,8-11,14,21,25-26H,3,5-7,12-13,15-20H2/t26-/m0/s1. The largest absolute Gasteiger partial charge is 0.490 e. The van der Waals surface area contributed by atoms with Gasteiger partial charge in [-0.3, -0.25) is 14.7 Å². The molecule has 1 aliphatic carbocycles. The van der Waals surface area contributed by atoms with Crippen LogP contribution in [0.2, 0.25) is 0 Å². The molecular formula is C27H35N3O3. The van der Waals surface area contributed by atoms with Crippen molar-refractivity contribution in [2.45, 2.75) is 57.3 Å². The molecule has 176 valence electrons. The van der Waals surface area contributed by atoms with E-state index < -0.39 is 0 Å². The highest BCUT2D eigenvalue weighted by atomic mass is 16.5. The molecule has 1 amide bonds. The van der Waals surface area contributed by atoms with E-state index in [1.807, 2.05) is 47.5 Å². The van der Waals surface area contributed by atoms with Crippen LogP contribution in [0.4, 0.5) is 0 Å². The molecule has 3 heterocycles. The van der Waals surface area contributed by atoms with Crippen molar-refractivity contribution in [3.8, 4) is 5.75 Å². The van der Waals surface area contributed by atoms with Gasteiger partial charge in [-0.05, 0) is 80.8 Å². The second kappa shape index (κ2) is 10.7. The molecule has 6 nitrogen and oxygen atoms in total. The predicted octanol–water partition coefficient (Wildman–Crippen LogP) is 4.16. The normalized spacial score (nSPS) is 21.8. The van der Waals surface area contributed by atoms with Crippen LogP contribution >= 0.6 is 0 Å². The number of amides is 1. The van der Waals surface area contributed by atoms with Gasteiger partial charge in [-0.15, -0.1) is 0 Å². The minimum Gasteiger partial charge on any atom is -0.490 e. The Morgan fingerprint density at radius 1 is 1.03 bits per heavy atom. The summed E-state index contributed by atoms with van der Waals surface area (Å²) < 4.78 is 12.0. The van der Waals surface area contributed by atoms with Gasteiger partial charge in [0.25, 0.3) is 5.91 Å². The van der Waals surface area contributed by atoms with Gasteiger partial charge in [0.2, 0.25) is 0 Å². The Bertz CT molecular complexity index is 887. The Morgan fingerprint density at radius 3 is 2.52 bits per heavy atom. The number of ether oxygens (including phenoxy) is 2. The fraction of sp³-hybridized carbons (Fsp3) is 0.556. The average molecular weight is 450 g/mol. The fourth-order valence-electron chi connectivity index (χ4n) is 4.84. The van der Waals surface area contributed by atoms with Gasteiger partial charge in [0.15, 0.2) is 0 Å². The van der Waals surface area contributed by atoms with E-state index in [4.69, 9.17) is 9.47 Å². The summed E-state index contributed by atoms with van der Waals surface area (Å²) >= 11 is 0. The van der Waals surface area contributed by atoms with Gasteiger partial charge in [0, 0.05) is 51.1 Å². The lowest BCUT2D eigenvalue weighted by atomic mass is 10.1. The highest BCUT2D eigenvalue weighted by Crippen LogP contribution is 2.31. The summed E-state index contributed by atoms with van der Waals surface area (Å²) in [5, 5.41) is 0. The summed E-state index contributed by atoms with van der Waals surface area (Å²) in [5.41, 5.74) is 1.86. The van der Waals surface area contributed by atoms with Crippen LogP contribution in [0.3, 0.4) is 0 Å². The summed E-state index contributed by atoms with van der Waals surface area (Å²) in [5.74, 6) is 1.64. The van der Waals surface area contributed by atoms with Gasteiger partial charge in [-0.25, -0.2) is 0 Å². The molecule has 1 atom stereocenters. The van der Waals surface area contributed by atoms with Crippen molar-refractivity contribution >= 4 is 5.91 Å². The van der Waals surface area contributed by atoms with E-state index in [0.717, 1.165) is 75.5 Å². The first-order valence-electron chi connectivity index (χ1n) is 12.5. The van der Waals surface area contributed by atoms with Gasteiger partial charge < -0.3 is 14.4 Å². The van der Waals surface area contributed by atoms with Gasteiger partial charge in [0.1, 0.15) is 11.9 Å². The third-order valence-corrected chi connectivity index (χ3v) is 6.96. The summed E-state index contributed by atoms with van der Waals surface area (Å²) in [6.45, 7) is 5.31. The minimum atomic E-state index is 0.117. The van der Waals surface area contributed by atoms with E-state index in [1.54, 1.807) is 0 Å². The molecule has 0 radical (unpaired) electrons. The molecule has 33 heavy (non-hydrogen) atoms. The Morgan fingerprint density at radius 2 is 1.85 bits per heavy atom. The van der Waals surface area contributed by atoms with Crippen molar-refractivity contribution in [2.75, 3.05) is 32.8 Å². The third-order valence-electron chi connectivity index (χ3n) is 6.96. The number of aromatic nitrogens is 1. The van der Waals surface area contributed by atoms with Crippen molar-refractivity contribution in [1.29, 1.82) is 0 Å². The number of hydrogen-bond donors (Lipinski definition) is 0. The number of pyridine rings is 1. The molecule has 0 N–H and O–H groups in total. The average Bonchev–Trinajstić information content (AvgIpc) is 3.52. The van der Waals surface area contributed by atoms with E-state index in [9.17, 15) is 4.79 Å². The first-order valence-corrected chi connectivity index (χ1v) is 12.5. The molecule has 3 aliphatic rings. The van der Waals surface area contributed by atoms with Gasteiger partial charge >= 0.3 is 0 Å². The van der Waals surface area contributed by atoms with Crippen LogP contribution in [0.25, 0.3) is 0 Å². The zero-order chi connectivity index (χ0) is 22.5. The van der Waals surface area contributed by atoms with Gasteiger partial charge in [-0.2, -0.15) is 0 Å². The first kappa shape index (κ1) is 22.4. The van der Waals surface area contributed by atoms with Crippen LogP contribution < -0.4 is 4.74 Å². The second-order valence-corrected chi connectivity index (χ2v) is 9.73. The van der Waals surface area contributed by atoms with Crippen LogP contribution in [0, 0.1) is 5.92 Å². The van der Waals surface area contributed by atoms with Crippen molar-refractivity contribution in [3.63, 3.8) is 0 Å². The molecular weight excluding hydrogens is 414 g/mol. The van der Waals surface area contributed by atoms with Crippen molar-refractivity contribution in [2.24, 2.45) is 5.92 Å². The Labute approximate surface area is 196 Å². The first-order chi connectivity index (χ1) is 16.2. The summed E-state index contributed by atoms with van der Waals surface area (Å²) in [4.78, 5) is 22.1.